The molecule has 0 aromatic heterocycles. The number of carbonyl (C=O) groups excluding carboxylic acids is 1. The molecule has 1 saturated heterocycles. The number of ether oxygens (including phenoxy) is 2. The van der Waals surface area contributed by atoms with Crippen LogP contribution >= 0.6 is 0 Å². The summed E-state index contributed by atoms with van der Waals surface area (Å²) in [5.41, 5.74) is 0.644. The van der Waals surface area contributed by atoms with E-state index in [1.165, 1.54) is 0 Å². The number of likely N-dealkylation sites (tertiary alicyclic amines) is 1. The summed E-state index contributed by atoms with van der Waals surface area (Å²) in [4.78, 5) is 13.5. The molecule has 0 radical (unpaired) electrons. The van der Waals surface area contributed by atoms with E-state index < -0.39 is 6.10 Å². The number of piperidine rings is 1. The van der Waals surface area contributed by atoms with Gasteiger partial charge < -0.3 is 19.5 Å². The maximum Gasteiger partial charge on any atom is 0.222 e. The molecule has 5 heteroatoms. The average molecular weight is 279 g/mol. The van der Waals surface area contributed by atoms with E-state index in [-0.39, 0.29) is 5.91 Å². The fourth-order valence-corrected chi connectivity index (χ4v) is 2.46. The van der Waals surface area contributed by atoms with Crippen LogP contribution < -0.4 is 9.47 Å². The highest BCUT2D eigenvalue weighted by Gasteiger charge is 2.23. The number of carbonyl (C=O) groups is 1. The minimum Gasteiger partial charge on any atom is -0.497 e. The van der Waals surface area contributed by atoms with Gasteiger partial charge in [-0.05, 0) is 31.0 Å². The minimum absolute atomic E-state index is 0.108. The molecule has 0 bridgehead atoms. The Balaban J connectivity index is 2.14. The van der Waals surface area contributed by atoms with E-state index in [1.807, 2.05) is 0 Å². The lowest BCUT2D eigenvalue weighted by Crippen LogP contribution is -2.38. The van der Waals surface area contributed by atoms with Crippen LogP contribution in [0.2, 0.25) is 0 Å². The summed E-state index contributed by atoms with van der Waals surface area (Å²) in [6, 6.07) is 5.29. The summed E-state index contributed by atoms with van der Waals surface area (Å²) in [6.07, 6.45) is 1.73. The monoisotopic (exact) mass is 279 g/mol. The van der Waals surface area contributed by atoms with Crippen molar-refractivity contribution < 1.29 is 19.4 Å². The molecule has 1 aliphatic heterocycles. The summed E-state index contributed by atoms with van der Waals surface area (Å²) in [5.74, 6) is 1.37. The second-order valence-corrected chi connectivity index (χ2v) is 4.92. The zero-order valence-electron chi connectivity index (χ0n) is 12.0. The van der Waals surface area contributed by atoms with Gasteiger partial charge in [-0.1, -0.05) is 0 Å². The number of methoxy groups -OCH3 is 2. The number of amides is 1. The zero-order chi connectivity index (χ0) is 14.5. The molecule has 2 rings (SSSR count). The Kier molecular flexibility index (Phi) is 4.84. The first kappa shape index (κ1) is 14.7. The number of aliphatic hydroxyl groups excluding tert-OH is 1. The van der Waals surface area contributed by atoms with Crippen molar-refractivity contribution in [2.75, 3.05) is 27.3 Å². The van der Waals surface area contributed by atoms with Crippen molar-refractivity contribution in [1.82, 2.24) is 4.90 Å². The van der Waals surface area contributed by atoms with Crippen LogP contribution in [0.25, 0.3) is 0 Å². The number of β-amino-alcohol motifs (C(OH)–C–C–N with tert-alkyl or cyclic N) is 1. The molecule has 20 heavy (non-hydrogen) atoms. The molecule has 1 atom stereocenters. The fraction of sp³-hybridized carbons (Fsp3) is 0.533. The molecular formula is C15H21NO4. The normalized spacial score (nSPS) is 16.9. The Bertz CT molecular complexity index is 475. The van der Waals surface area contributed by atoms with Crippen LogP contribution in [0.5, 0.6) is 11.5 Å². The summed E-state index contributed by atoms with van der Waals surface area (Å²) >= 11 is 0. The van der Waals surface area contributed by atoms with Gasteiger partial charge in [0.15, 0.2) is 0 Å². The van der Waals surface area contributed by atoms with Gasteiger partial charge in [-0.25, -0.2) is 0 Å². The van der Waals surface area contributed by atoms with Crippen LogP contribution in [-0.2, 0) is 4.79 Å². The lowest BCUT2D eigenvalue weighted by Gasteiger charge is -2.29. The molecule has 1 aromatic rings. The van der Waals surface area contributed by atoms with Crippen molar-refractivity contribution in [3.63, 3.8) is 0 Å². The van der Waals surface area contributed by atoms with Crippen LogP contribution in [0.1, 0.15) is 30.9 Å². The topological polar surface area (TPSA) is 59.0 Å². The Labute approximate surface area is 119 Å². The number of nitrogens with zero attached hydrogens (tertiary/aromatic N) is 1. The number of benzene rings is 1. The first-order valence-corrected chi connectivity index (χ1v) is 6.83. The summed E-state index contributed by atoms with van der Waals surface area (Å²) in [7, 11) is 3.14. The van der Waals surface area contributed by atoms with Gasteiger partial charge in [-0.2, -0.15) is 0 Å². The smallest absolute Gasteiger partial charge is 0.222 e. The molecule has 1 aromatic carbocycles. The first-order chi connectivity index (χ1) is 9.65. The Morgan fingerprint density at radius 1 is 1.30 bits per heavy atom. The standard InChI is InChI=1S/C15H21NO4/c1-19-11-6-7-14(20-2)12(9-11)13(17)10-16-8-4-3-5-15(16)18/h6-7,9,13,17H,3-5,8,10H2,1-2H3. The van der Waals surface area contributed by atoms with Gasteiger partial charge in [0.25, 0.3) is 0 Å². The van der Waals surface area contributed by atoms with E-state index in [0.29, 0.717) is 36.6 Å². The number of hydrogen-bond acceptors (Lipinski definition) is 4. The van der Waals surface area contributed by atoms with Crippen molar-refractivity contribution >= 4 is 5.91 Å². The molecular weight excluding hydrogens is 258 g/mol. The molecule has 110 valence electrons. The number of hydrogen-bond donors (Lipinski definition) is 1. The van der Waals surface area contributed by atoms with Crippen molar-refractivity contribution in [3.05, 3.63) is 23.8 Å². The summed E-state index contributed by atoms with van der Waals surface area (Å²) in [5, 5.41) is 10.4. The van der Waals surface area contributed by atoms with E-state index in [0.717, 1.165) is 12.8 Å². The predicted octanol–water partition coefficient (Wildman–Crippen LogP) is 1.75. The molecule has 1 fully saturated rings. The molecule has 1 unspecified atom stereocenters. The van der Waals surface area contributed by atoms with Gasteiger partial charge in [-0.15, -0.1) is 0 Å². The first-order valence-electron chi connectivity index (χ1n) is 6.83. The largest absolute Gasteiger partial charge is 0.497 e. The van der Waals surface area contributed by atoms with Crippen LogP contribution in [0.4, 0.5) is 0 Å². The van der Waals surface area contributed by atoms with Gasteiger partial charge >= 0.3 is 0 Å². The van der Waals surface area contributed by atoms with E-state index in [9.17, 15) is 9.90 Å². The van der Waals surface area contributed by atoms with Crippen LogP contribution in [-0.4, -0.2) is 43.2 Å². The molecule has 1 N–H and O–H groups in total. The molecule has 0 saturated carbocycles. The second-order valence-electron chi connectivity index (χ2n) is 4.92. The van der Waals surface area contributed by atoms with E-state index in [1.54, 1.807) is 37.3 Å². The number of rotatable bonds is 5. The Morgan fingerprint density at radius 2 is 2.10 bits per heavy atom. The van der Waals surface area contributed by atoms with E-state index >= 15 is 0 Å². The lowest BCUT2D eigenvalue weighted by atomic mass is 10.0. The van der Waals surface area contributed by atoms with E-state index in [2.05, 4.69) is 0 Å². The quantitative estimate of drug-likeness (QED) is 0.892. The third-order valence-corrected chi connectivity index (χ3v) is 3.61. The van der Waals surface area contributed by atoms with Crippen molar-refractivity contribution in [1.29, 1.82) is 0 Å². The van der Waals surface area contributed by atoms with Gasteiger partial charge in [0.2, 0.25) is 5.91 Å². The molecule has 1 heterocycles. The van der Waals surface area contributed by atoms with Gasteiger partial charge in [0.1, 0.15) is 17.6 Å². The highest BCUT2D eigenvalue weighted by Crippen LogP contribution is 2.30. The van der Waals surface area contributed by atoms with Crippen molar-refractivity contribution in [2.24, 2.45) is 0 Å². The molecule has 1 aliphatic rings. The summed E-state index contributed by atoms with van der Waals surface area (Å²) < 4.78 is 10.4. The highest BCUT2D eigenvalue weighted by molar-refractivity contribution is 5.76. The SMILES string of the molecule is COc1ccc(OC)c(C(O)CN2CCCCC2=O)c1. The Morgan fingerprint density at radius 3 is 2.75 bits per heavy atom. The number of aliphatic hydroxyl groups is 1. The third kappa shape index (κ3) is 3.22. The highest BCUT2D eigenvalue weighted by atomic mass is 16.5. The van der Waals surface area contributed by atoms with Gasteiger partial charge in [0.05, 0.1) is 20.8 Å². The zero-order valence-corrected chi connectivity index (χ0v) is 12.0. The van der Waals surface area contributed by atoms with Crippen LogP contribution in [0, 0.1) is 0 Å². The third-order valence-electron chi connectivity index (χ3n) is 3.61. The fourth-order valence-electron chi connectivity index (χ4n) is 2.46. The molecule has 0 spiro atoms. The predicted molar refractivity (Wildman–Crippen MR) is 74.9 cm³/mol. The Hall–Kier alpha value is -1.75. The maximum atomic E-state index is 11.8. The van der Waals surface area contributed by atoms with Crippen LogP contribution in [0.15, 0.2) is 18.2 Å². The van der Waals surface area contributed by atoms with E-state index in [4.69, 9.17) is 9.47 Å². The maximum absolute atomic E-state index is 11.8. The van der Waals surface area contributed by atoms with Gasteiger partial charge in [0, 0.05) is 18.5 Å². The minimum atomic E-state index is -0.776. The van der Waals surface area contributed by atoms with Crippen molar-refractivity contribution in [3.8, 4) is 11.5 Å². The molecule has 1 amide bonds. The second kappa shape index (κ2) is 6.61. The molecule has 0 aliphatic carbocycles. The average Bonchev–Trinajstić information content (AvgIpc) is 2.48. The lowest BCUT2D eigenvalue weighted by molar-refractivity contribution is -0.134. The van der Waals surface area contributed by atoms with Crippen molar-refractivity contribution in [2.45, 2.75) is 25.4 Å². The molecule has 5 nitrogen and oxygen atoms in total. The van der Waals surface area contributed by atoms with Crippen LogP contribution in [0.3, 0.4) is 0 Å². The summed E-state index contributed by atoms with van der Waals surface area (Å²) in [6.45, 7) is 1.00. The van der Waals surface area contributed by atoms with Gasteiger partial charge in [-0.3, -0.25) is 4.79 Å².